The van der Waals surface area contributed by atoms with E-state index in [1.54, 1.807) is 0 Å². The Balaban J connectivity index is 2.14. The van der Waals surface area contributed by atoms with Crippen LogP contribution in [0.25, 0.3) is 0 Å². The van der Waals surface area contributed by atoms with E-state index < -0.39 is 0 Å². The molecule has 1 aliphatic heterocycles. The summed E-state index contributed by atoms with van der Waals surface area (Å²) in [6, 6.07) is 0. The van der Waals surface area contributed by atoms with Gasteiger partial charge in [-0.15, -0.1) is 0 Å². The maximum absolute atomic E-state index is 11.2. The molecule has 0 aromatic heterocycles. The van der Waals surface area contributed by atoms with Crippen LogP contribution >= 0.6 is 0 Å². The van der Waals surface area contributed by atoms with Crippen molar-refractivity contribution in [2.45, 2.75) is 6.42 Å². The third-order valence-corrected chi connectivity index (χ3v) is 2.23. The molecule has 2 nitrogen and oxygen atoms in total. The highest BCUT2D eigenvalue weighted by Crippen LogP contribution is 2.22. The Morgan fingerprint density at radius 2 is 2.33 bits per heavy atom. The van der Waals surface area contributed by atoms with Crippen molar-refractivity contribution in [3.63, 3.8) is 0 Å². The topological polar surface area (TPSA) is 29.1 Å². The number of allylic oxidation sites excluding steroid dienone is 4. The summed E-state index contributed by atoms with van der Waals surface area (Å²) < 4.78 is 0. The monoisotopic (exact) mass is 161 g/mol. The van der Waals surface area contributed by atoms with E-state index in [0.717, 1.165) is 12.0 Å². The van der Waals surface area contributed by atoms with Crippen LogP contribution < -0.4 is 5.32 Å². The van der Waals surface area contributed by atoms with Gasteiger partial charge in [0.25, 0.3) is 0 Å². The zero-order chi connectivity index (χ0) is 8.39. The van der Waals surface area contributed by atoms with Gasteiger partial charge in [-0.1, -0.05) is 30.4 Å². The van der Waals surface area contributed by atoms with Gasteiger partial charge in [0.05, 0.1) is 0 Å². The van der Waals surface area contributed by atoms with Crippen molar-refractivity contribution >= 4 is 5.91 Å². The maximum Gasteiger partial charge on any atom is 0.247 e. The van der Waals surface area contributed by atoms with Gasteiger partial charge in [0.15, 0.2) is 0 Å². The summed E-state index contributed by atoms with van der Waals surface area (Å²) in [7, 11) is 0. The van der Waals surface area contributed by atoms with Crippen LogP contribution in [0.5, 0.6) is 0 Å². The normalized spacial score (nSPS) is 27.2. The maximum atomic E-state index is 11.2. The minimum absolute atomic E-state index is 0.0972. The summed E-state index contributed by atoms with van der Waals surface area (Å²) in [4.78, 5) is 11.2. The van der Waals surface area contributed by atoms with Crippen LogP contribution in [-0.2, 0) is 4.79 Å². The molecule has 1 atom stereocenters. The van der Waals surface area contributed by atoms with Gasteiger partial charge in [0, 0.05) is 18.0 Å². The molecule has 0 radical (unpaired) electrons. The van der Waals surface area contributed by atoms with Crippen LogP contribution in [0.4, 0.5) is 0 Å². The van der Waals surface area contributed by atoms with Gasteiger partial charge in [-0.2, -0.15) is 0 Å². The van der Waals surface area contributed by atoms with Crippen molar-refractivity contribution in [2.75, 3.05) is 6.54 Å². The minimum Gasteiger partial charge on any atom is -0.349 e. The van der Waals surface area contributed by atoms with Crippen molar-refractivity contribution in [1.29, 1.82) is 0 Å². The smallest absolute Gasteiger partial charge is 0.247 e. The Morgan fingerprint density at radius 3 is 2.92 bits per heavy atom. The SMILES string of the molecule is O=C1NCC=C1C1C=CC=CC1. The summed E-state index contributed by atoms with van der Waals surface area (Å²) in [5, 5.41) is 2.78. The molecule has 0 saturated carbocycles. The van der Waals surface area contributed by atoms with Crippen molar-refractivity contribution < 1.29 is 4.79 Å². The van der Waals surface area contributed by atoms with E-state index in [0.29, 0.717) is 12.5 Å². The minimum atomic E-state index is 0.0972. The summed E-state index contributed by atoms with van der Waals surface area (Å²) >= 11 is 0. The number of carbonyl (C=O) groups is 1. The van der Waals surface area contributed by atoms with E-state index in [4.69, 9.17) is 0 Å². The summed E-state index contributed by atoms with van der Waals surface area (Å²) in [6.45, 7) is 0.697. The fourth-order valence-corrected chi connectivity index (χ4v) is 1.58. The number of amides is 1. The zero-order valence-corrected chi connectivity index (χ0v) is 6.79. The van der Waals surface area contributed by atoms with Crippen LogP contribution in [0.1, 0.15) is 6.42 Å². The van der Waals surface area contributed by atoms with Crippen molar-refractivity contribution in [2.24, 2.45) is 5.92 Å². The van der Waals surface area contributed by atoms with E-state index in [-0.39, 0.29) is 5.91 Å². The average molecular weight is 161 g/mol. The number of nitrogens with one attached hydrogen (secondary N) is 1. The first-order valence-corrected chi connectivity index (χ1v) is 4.19. The molecule has 0 fully saturated rings. The fraction of sp³-hybridized carbons (Fsp3) is 0.300. The lowest BCUT2D eigenvalue weighted by molar-refractivity contribution is -0.117. The molecule has 0 bridgehead atoms. The van der Waals surface area contributed by atoms with Crippen LogP contribution in [0.3, 0.4) is 0 Å². The third kappa shape index (κ3) is 1.20. The van der Waals surface area contributed by atoms with Gasteiger partial charge in [-0.3, -0.25) is 4.79 Å². The predicted molar refractivity (Wildman–Crippen MR) is 47.5 cm³/mol. The summed E-state index contributed by atoms with van der Waals surface area (Å²) in [6.07, 6.45) is 11.1. The number of hydrogen-bond donors (Lipinski definition) is 1. The molecule has 0 saturated heterocycles. The molecular formula is C10H11NO. The lowest BCUT2D eigenvalue weighted by atomic mass is 9.92. The van der Waals surface area contributed by atoms with Crippen LogP contribution in [-0.4, -0.2) is 12.5 Å². The first kappa shape index (κ1) is 7.35. The van der Waals surface area contributed by atoms with Gasteiger partial charge in [-0.05, 0) is 6.42 Å². The standard InChI is InChI=1S/C10H11NO/c12-10-9(6-7-11-10)8-4-2-1-3-5-8/h1-4,6,8H,5,7H2,(H,11,12). The lowest BCUT2D eigenvalue weighted by Gasteiger charge is -2.12. The highest BCUT2D eigenvalue weighted by Gasteiger charge is 2.21. The van der Waals surface area contributed by atoms with Crippen molar-refractivity contribution in [3.8, 4) is 0 Å². The van der Waals surface area contributed by atoms with Crippen molar-refractivity contribution in [3.05, 3.63) is 36.0 Å². The molecule has 0 spiro atoms. The van der Waals surface area contributed by atoms with E-state index >= 15 is 0 Å². The van der Waals surface area contributed by atoms with Gasteiger partial charge in [0.2, 0.25) is 5.91 Å². The molecule has 1 amide bonds. The van der Waals surface area contributed by atoms with E-state index in [9.17, 15) is 4.79 Å². The quantitative estimate of drug-likeness (QED) is 0.614. The lowest BCUT2D eigenvalue weighted by Crippen LogP contribution is -2.20. The second kappa shape index (κ2) is 2.97. The van der Waals surface area contributed by atoms with Crippen LogP contribution in [0, 0.1) is 5.92 Å². The number of hydrogen-bond acceptors (Lipinski definition) is 1. The Bertz CT molecular complexity index is 286. The molecule has 2 rings (SSSR count). The third-order valence-electron chi connectivity index (χ3n) is 2.23. The van der Waals surface area contributed by atoms with Gasteiger partial charge in [-0.25, -0.2) is 0 Å². The highest BCUT2D eigenvalue weighted by molar-refractivity contribution is 5.96. The molecule has 0 aromatic rings. The molecule has 1 aliphatic carbocycles. The van der Waals surface area contributed by atoms with Gasteiger partial charge >= 0.3 is 0 Å². The fourth-order valence-electron chi connectivity index (χ4n) is 1.58. The van der Waals surface area contributed by atoms with Crippen molar-refractivity contribution in [1.82, 2.24) is 5.32 Å². The molecule has 1 N–H and O–H groups in total. The number of rotatable bonds is 1. The largest absolute Gasteiger partial charge is 0.349 e. The molecule has 1 heterocycles. The molecular weight excluding hydrogens is 150 g/mol. The second-order valence-electron chi connectivity index (χ2n) is 3.02. The van der Waals surface area contributed by atoms with Crippen LogP contribution in [0.2, 0.25) is 0 Å². The molecule has 12 heavy (non-hydrogen) atoms. The second-order valence-corrected chi connectivity index (χ2v) is 3.02. The zero-order valence-electron chi connectivity index (χ0n) is 6.79. The Kier molecular flexibility index (Phi) is 1.82. The predicted octanol–water partition coefficient (Wildman–Crippen LogP) is 1.17. The van der Waals surface area contributed by atoms with Crippen LogP contribution in [0.15, 0.2) is 36.0 Å². The van der Waals surface area contributed by atoms with E-state index in [1.807, 2.05) is 18.2 Å². The Morgan fingerprint density at radius 1 is 1.42 bits per heavy atom. The van der Waals surface area contributed by atoms with E-state index in [1.165, 1.54) is 0 Å². The van der Waals surface area contributed by atoms with Gasteiger partial charge < -0.3 is 5.32 Å². The first-order valence-electron chi connectivity index (χ1n) is 4.19. The molecule has 2 heteroatoms. The first-order chi connectivity index (χ1) is 5.88. The Labute approximate surface area is 71.7 Å². The van der Waals surface area contributed by atoms with Gasteiger partial charge in [0.1, 0.15) is 0 Å². The molecule has 2 aliphatic rings. The molecule has 62 valence electrons. The average Bonchev–Trinajstić information content (AvgIpc) is 2.53. The van der Waals surface area contributed by atoms with E-state index in [2.05, 4.69) is 17.5 Å². The molecule has 1 unspecified atom stereocenters. The number of carbonyl (C=O) groups excluding carboxylic acids is 1. The summed E-state index contributed by atoms with van der Waals surface area (Å²) in [5.74, 6) is 0.400. The highest BCUT2D eigenvalue weighted by atomic mass is 16.1. The summed E-state index contributed by atoms with van der Waals surface area (Å²) in [5.41, 5.74) is 0.926. The Hall–Kier alpha value is -1.31. The molecule has 0 aromatic carbocycles.